The van der Waals surface area contributed by atoms with Crippen LogP contribution in [0.25, 0.3) is 10.2 Å². The molecule has 0 radical (unpaired) electrons. The summed E-state index contributed by atoms with van der Waals surface area (Å²) < 4.78 is 26.3. The summed E-state index contributed by atoms with van der Waals surface area (Å²) in [6.07, 6.45) is 1.96. The lowest BCUT2D eigenvalue weighted by Crippen LogP contribution is -2.08. The molecular formula is C14H11F2N3S. The first-order valence-electron chi connectivity index (χ1n) is 6.10. The van der Waals surface area contributed by atoms with E-state index in [4.69, 9.17) is 0 Å². The number of nitrogens with zero attached hydrogens (tertiary/aromatic N) is 2. The van der Waals surface area contributed by atoms with Crippen molar-refractivity contribution in [1.29, 1.82) is 0 Å². The molecule has 0 spiro atoms. The lowest BCUT2D eigenvalue weighted by Gasteiger charge is -2.07. The van der Waals surface area contributed by atoms with Crippen LogP contribution < -0.4 is 5.32 Å². The van der Waals surface area contributed by atoms with E-state index in [1.165, 1.54) is 18.5 Å². The molecule has 1 aromatic carbocycles. The Morgan fingerprint density at radius 1 is 1.15 bits per heavy atom. The van der Waals surface area contributed by atoms with E-state index >= 15 is 0 Å². The third-order valence-corrected chi connectivity index (χ3v) is 3.78. The molecule has 2 heterocycles. The molecule has 3 nitrogen and oxygen atoms in total. The zero-order valence-corrected chi connectivity index (χ0v) is 11.3. The molecular weight excluding hydrogens is 280 g/mol. The van der Waals surface area contributed by atoms with Crippen molar-refractivity contribution >= 4 is 27.4 Å². The summed E-state index contributed by atoms with van der Waals surface area (Å²) in [5.74, 6) is -0.344. The Labute approximate surface area is 118 Å². The summed E-state index contributed by atoms with van der Waals surface area (Å²) in [6, 6.07) is 5.57. The van der Waals surface area contributed by atoms with Gasteiger partial charge in [0.05, 0.1) is 5.39 Å². The van der Waals surface area contributed by atoms with Gasteiger partial charge >= 0.3 is 0 Å². The number of anilines is 1. The number of hydrogen-bond donors (Lipinski definition) is 1. The molecule has 6 heteroatoms. The monoisotopic (exact) mass is 291 g/mol. The zero-order valence-electron chi connectivity index (χ0n) is 10.4. The summed E-state index contributed by atoms with van der Waals surface area (Å²) >= 11 is 1.54. The molecule has 0 aliphatic carbocycles. The van der Waals surface area contributed by atoms with Gasteiger partial charge in [-0.05, 0) is 29.5 Å². The maximum Gasteiger partial charge on any atom is 0.138 e. The molecule has 3 rings (SSSR count). The highest BCUT2D eigenvalue weighted by atomic mass is 32.1. The minimum atomic E-state index is -0.560. The Kier molecular flexibility index (Phi) is 3.56. The summed E-state index contributed by atoms with van der Waals surface area (Å²) in [7, 11) is 0. The predicted molar refractivity (Wildman–Crippen MR) is 76.0 cm³/mol. The predicted octanol–water partition coefficient (Wildman–Crippen LogP) is 3.62. The highest BCUT2D eigenvalue weighted by molar-refractivity contribution is 7.16. The normalized spacial score (nSPS) is 10.9. The van der Waals surface area contributed by atoms with Crippen molar-refractivity contribution < 1.29 is 8.78 Å². The molecule has 102 valence electrons. The van der Waals surface area contributed by atoms with E-state index in [0.29, 0.717) is 18.5 Å². The van der Waals surface area contributed by atoms with Crippen LogP contribution >= 0.6 is 11.3 Å². The maximum absolute atomic E-state index is 13.5. The molecule has 0 aliphatic rings. The zero-order chi connectivity index (χ0) is 13.9. The van der Waals surface area contributed by atoms with Gasteiger partial charge in [0.1, 0.15) is 28.6 Å². The first-order valence-corrected chi connectivity index (χ1v) is 6.98. The van der Waals surface area contributed by atoms with Gasteiger partial charge in [-0.25, -0.2) is 18.7 Å². The van der Waals surface area contributed by atoms with Gasteiger partial charge in [-0.2, -0.15) is 0 Å². The van der Waals surface area contributed by atoms with Gasteiger partial charge in [0, 0.05) is 12.6 Å². The van der Waals surface area contributed by atoms with Crippen LogP contribution in [0, 0.1) is 11.6 Å². The van der Waals surface area contributed by atoms with E-state index in [1.54, 1.807) is 11.3 Å². The molecule has 0 unspecified atom stereocenters. The lowest BCUT2D eigenvalue weighted by molar-refractivity contribution is 0.572. The number of fused-ring (bicyclic) bond motifs is 1. The summed E-state index contributed by atoms with van der Waals surface area (Å²) in [6.45, 7) is 0.518. The first-order chi connectivity index (χ1) is 9.74. The van der Waals surface area contributed by atoms with Crippen LogP contribution in [0.1, 0.15) is 5.56 Å². The molecule has 0 saturated heterocycles. The molecule has 0 fully saturated rings. The first kappa shape index (κ1) is 12.9. The number of hydrogen-bond acceptors (Lipinski definition) is 4. The van der Waals surface area contributed by atoms with Gasteiger partial charge in [0.25, 0.3) is 0 Å². The average molecular weight is 291 g/mol. The lowest BCUT2D eigenvalue weighted by atomic mass is 10.1. The molecule has 0 bridgehead atoms. The molecule has 0 saturated carbocycles. The summed E-state index contributed by atoms with van der Waals surface area (Å²) in [5, 5.41) is 6.06. The fourth-order valence-electron chi connectivity index (χ4n) is 1.97. The fraction of sp³-hybridized carbons (Fsp3) is 0.143. The third-order valence-electron chi connectivity index (χ3n) is 2.96. The molecule has 0 amide bonds. The van der Waals surface area contributed by atoms with Gasteiger partial charge in [-0.1, -0.05) is 6.07 Å². The van der Waals surface area contributed by atoms with E-state index in [-0.39, 0.29) is 0 Å². The van der Waals surface area contributed by atoms with Crippen LogP contribution in [-0.2, 0) is 6.42 Å². The Balaban J connectivity index is 1.69. The second-order valence-electron chi connectivity index (χ2n) is 4.27. The largest absolute Gasteiger partial charge is 0.369 e. The highest BCUT2D eigenvalue weighted by Crippen LogP contribution is 2.23. The number of nitrogens with one attached hydrogen (secondary N) is 1. The van der Waals surface area contributed by atoms with Gasteiger partial charge in [-0.3, -0.25) is 0 Å². The Morgan fingerprint density at radius 3 is 2.90 bits per heavy atom. The van der Waals surface area contributed by atoms with Crippen LogP contribution in [0.5, 0.6) is 0 Å². The van der Waals surface area contributed by atoms with Crippen molar-refractivity contribution in [2.24, 2.45) is 0 Å². The Hall–Kier alpha value is -2.08. The highest BCUT2D eigenvalue weighted by Gasteiger charge is 2.06. The molecule has 1 N–H and O–H groups in total. The van der Waals surface area contributed by atoms with Crippen LogP contribution in [-0.4, -0.2) is 16.5 Å². The molecule has 0 aliphatic heterocycles. The topological polar surface area (TPSA) is 37.8 Å². The van der Waals surface area contributed by atoms with Gasteiger partial charge in [-0.15, -0.1) is 11.3 Å². The number of benzene rings is 1. The maximum atomic E-state index is 13.5. The summed E-state index contributed by atoms with van der Waals surface area (Å²) in [4.78, 5) is 9.25. The molecule has 20 heavy (non-hydrogen) atoms. The van der Waals surface area contributed by atoms with Crippen molar-refractivity contribution in [1.82, 2.24) is 9.97 Å². The average Bonchev–Trinajstić information content (AvgIpc) is 2.90. The van der Waals surface area contributed by atoms with Crippen LogP contribution in [0.3, 0.4) is 0 Å². The van der Waals surface area contributed by atoms with Crippen LogP contribution in [0.15, 0.2) is 36.0 Å². The second-order valence-corrected chi connectivity index (χ2v) is 5.17. The number of halogens is 2. The van der Waals surface area contributed by atoms with E-state index in [2.05, 4.69) is 15.3 Å². The standard InChI is InChI=1S/C14H11F2N3S/c15-10-2-1-9(12(16)7-10)3-5-17-13-11-4-6-20-14(11)19-8-18-13/h1-2,4,6-8H,3,5H2,(H,17,18,19). The van der Waals surface area contributed by atoms with Crippen molar-refractivity contribution in [3.05, 3.63) is 53.2 Å². The fourth-order valence-corrected chi connectivity index (χ4v) is 2.70. The van der Waals surface area contributed by atoms with E-state index < -0.39 is 11.6 Å². The Bertz CT molecular complexity index is 742. The van der Waals surface area contributed by atoms with E-state index in [0.717, 1.165) is 22.1 Å². The van der Waals surface area contributed by atoms with E-state index in [1.807, 2.05) is 11.4 Å². The molecule has 2 aromatic heterocycles. The number of thiophene rings is 1. The SMILES string of the molecule is Fc1ccc(CCNc2ncnc3sccc23)c(F)c1. The second kappa shape index (κ2) is 5.50. The van der Waals surface area contributed by atoms with E-state index in [9.17, 15) is 8.78 Å². The Morgan fingerprint density at radius 2 is 2.05 bits per heavy atom. The van der Waals surface area contributed by atoms with Gasteiger partial charge in [0.2, 0.25) is 0 Å². The third kappa shape index (κ3) is 2.60. The molecule has 3 aromatic rings. The van der Waals surface area contributed by atoms with Crippen molar-refractivity contribution in [3.8, 4) is 0 Å². The van der Waals surface area contributed by atoms with Crippen LogP contribution in [0.4, 0.5) is 14.6 Å². The quantitative estimate of drug-likeness (QED) is 0.797. The minimum Gasteiger partial charge on any atom is -0.369 e. The number of rotatable bonds is 4. The molecule has 0 atom stereocenters. The van der Waals surface area contributed by atoms with Crippen molar-refractivity contribution in [2.45, 2.75) is 6.42 Å². The van der Waals surface area contributed by atoms with Crippen LogP contribution in [0.2, 0.25) is 0 Å². The van der Waals surface area contributed by atoms with Crippen molar-refractivity contribution in [2.75, 3.05) is 11.9 Å². The van der Waals surface area contributed by atoms with Gasteiger partial charge < -0.3 is 5.32 Å². The van der Waals surface area contributed by atoms with Crippen molar-refractivity contribution in [3.63, 3.8) is 0 Å². The number of aromatic nitrogens is 2. The van der Waals surface area contributed by atoms with Gasteiger partial charge in [0.15, 0.2) is 0 Å². The summed E-state index contributed by atoms with van der Waals surface area (Å²) in [5.41, 5.74) is 0.481. The smallest absolute Gasteiger partial charge is 0.138 e. The minimum absolute atomic E-state index is 0.460.